The molecule has 0 bridgehead atoms. The molecule has 3 heteroatoms. The minimum Gasteiger partial charge on any atom is -0.317 e. The molecule has 0 rings (SSSR count). The van der Waals surface area contributed by atoms with E-state index in [2.05, 4.69) is 17.7 Å². The van der Waals surface area contributed by atoms with E-state index >= 15 is 0 Å². The van der Waals surface area contributed by atoms with Crippen LogP contribution in [0.25, 0.3) is 0 Å². The molecule has 0 aromatic rings. The summed E-state index contributed by atoms with van der Waals surface area (Å²) in [5.41, 5.74) is 2.10. The molecule has 0 amide bonds. The van der Waals surface area contributed by atoms with Crippen molar-refractivity contribution >= 4 is 0 Å². The quantitative estimate of drug-likeness (QED) is 0.361. The summed E-state index contributed by atoms with van der Waals surface area (Å²) in [4.78, 5) is 0. The first kappa shape index (κ1) is 8.88. The fraction of sp³-hybridized carbons (Fsp3) is 1.00. The fourth-order valence-electron chi connectivity index (χ4n) is 0.594. The smallest absolute Gasteiger partial charge is 0.0219 e. The van der Waals surface area contributed by atoms with Crippen molar-refractivity contribution in [3.05, 3.63) is 0 Å². The van der Waals surface area contributed by atoms with Crippen LogP contribution in [0, 0.1) is 0 Å². The van der Waals surface area contributed by atoms with Gasteiger partial charge in [0, 0.05) is 6.54 Å². The number of rotatable bonds is 6. The van der Waals surface area contributed by atoms with Gasteiger partial charge in [0.2, 0.25) is 0 Å². The Balaban J connectivity index is 2.60. The average Bonchev–Trinajstić information content (AvgIpc) is 1.89. The SMILES string of the molecule is CCCNCCCNO. The van der Waals surface area contributed by atoms with E-state index in [0.717, 1.165) is 19.5 Å². The third-order valence-corrected chi connectivity index (χ3v) is 1.07. The summed E-state index contributed by atoms with van der Waals surface area (Å²) in [5, 5.41) is 11.4. The van der Waals surface area contributed by atoms with Crippen LogP contribution in [0.2, 0.25) is 0 Å². The molecule has 0 aliphatic heterocycles. The molecule has 0 heterocycles. The Morgan fingerprint density at radius 3 is 2.56 bits per heavy atom. The lowest BCUT2D eigenvalue weighted by molar-refractivity contribution is 0.165. The molecule has 0 atom stereocenters. The van der Waals surface area contributed by atoms with Gasteiger partial charge in [0.05, 0.1) is 0 Å². The molecule has 0 aromatic heterocycles. The maximum atomic E-state index is 8.15. The van der Waals surface area contributed by atoms with Gasteiger partial charge < -0.3 is 10.5 Å². The van der Waals surface area contributed by atoms with Crippen LogP contribution in [0.5, 0.6) is 0 Å². The van der Waals surface area contributed by atoms with E-state index in [0.29, 0.717) is 6.54 Å². The highest BCUT2D eigenvalue weighted by molar-refractivity contribution is 4.45. The zero-order valence-corrected chi connectivity index (χ0v) is 5.98. The van der Waals surface area contributed by atoms with Crippen molar-refractivity contribution < 1.29 is 5.21 Å². The van der Waals surface area contributed by atoms with E-state index in [9.17, 15) is 0 Å². The Labute approximate surface area is 56.4 Å². The molecule has 3 nitrogen and oxygen atoms in total. The van der Waals surface area contributed by atoms with Crippen LogP contribution in [0.1, 0.15) is 19.8 Å². The monoisotopic (exact) mass is 132 g/mol. The first-order valence-corrected chi connectivity index (χ1v) is 3.49. The third-order valence-electron chi connectivity index (χ3n) is 1.07. The predicted molar refractivity (Wildman–Crippen MR) is 37.6 cm³/mol. The molecular formula is C6H16N2O. The number of nitrogens with one attached hydrogen (secondary N) is 2. The van der Waals surface area contributed by atoms with Gasteiger partial charge in [-0.1, -0.05) is 6.92 Å². The van der Waals surface area contributed by atoms with Gasteiger partial charge in [-0.25, -0.2) is 5.48 Å². The van der Waals surface area contributed by atoms with Gasteiger partial charge in [0.15, 0.2) is 0 Å². The molecule has 0 unspecified atom stereocenters. The highest BCUT2D eigenvalue weighted by Gasteiger charge is 1.83. The molecule has 0 fully saturated rings. The second-order valence-electron chi connectivity index (χ2n) is 2.01. The maximum absolute atomic E-state index is 8.15. The summed E-state index contributed by atoms with van der Waals surface area (Å²) in [5.74, 6) is 0. The summed E-state index contributed by atoms with van der Waals surface area (Å²) in [6.45, 7) is 4.88. The second-order valence-corrected chi connectivity index (χ2v) is 2.01. The van der Waals surface area contributed by atoms with Crippen LogP contribution >= 0.6 is 0 Å². The molecule has 56 valence electrons. The van der Waals surface area contributed by atoms with Gasteiger partial charge in [0.25, 0.3) is 0 Å². The fourth-order valence-corrected chi connectivity index (χ4v) is 0.594. The second kappa shape index (κ2) is 7.88. The lowest BCUT2D eigenvalue weighted by Crippen LogP contribution is -2.20. The number of hydrogen-bond acceptors (Lipinski definition) is 3. The molecule has 0 spiro atoms. The Morgan fingerprint density at radius 1 is 1.22 bits per heavy atom. The average molecular weight is 132 g/mol. The van der Waals surface area contributed by atoms with Crippen molar-refractivity contribution in [2.75, 3.05) is 19.6 Å². The van der Waals surface area contributed by atoms with Crippen LogP contribution in [-0.4, -0.2) is 24.8 Å². The van der Waals surface area contributed by atoms with Crippen molar-refractivity contribution in [1.82, 2.24) is 10.8 Å². The van der Waals surface area contributed by atoms with Crippen molar-refractivity contribution in [1.29, 1.82) is 0 Å². The lowest BCUT2D eigenvalue weighted by atomic mass is 10.4. The highest BCUT2D eigenvalue weighted by Crippen LogP contribution is 1.73. The van der Waals surface area contributed by atoms with Gasteiger partial charge in [-0.15, -0.1) is 0 Å². The zero-order chi connectivity index (χ0) is 6.95. The van der Waals surface area contributed by atoms with Crippen molar-refractivity contribution in [3.8, 4) is 0 Å². The van der Waals surface area contributed by atoms with E-state index in [1.165, 1.54) is 6.42 Å². The largest absolute Gasteiger partial charge is 0.317 e. The highest BCUT2D eigenvalue weighted by atomic mass is 16.5. The molecule has 0 saturated carbocycles. The van der Waals surface area contributed by atoms with Crippen molar-refractivity contribution in [3.63, 3.8) is 0 Å². The normalized spacial score (nSPS) is 10.0. The zero-order valence-electron chi connectivity index (χ0n) is 5.98. The van der Waals surface area contributed by atoms with Gasteiger partial charge in [-0.3, -0.25) is 0 Å². The topological polar surface area (TPSA) is 44.3 Å². The predicted octanol–water partition coefficient (Wildman–Crippen LogP) is 0.355. The Morgan fingerprint density at radius 2 is 2.00 bits per heavy atom. The van der Waals surface area contributed by atoms with Crippen LogP contribution in [0.3, 0.4) is 0 Å². The summed E-state index contributed by atoms with van der Waals surface area (Å²) in [7, 11) is 0. The third kappa shape index (κ3) is 7.88. The summed E-state index contributed by atoms with van der Waals surface area (Å²) in [6.07, 6.45) is 2.16. The van der Waals surface area contributed by atoms with E-state index in [-0.39, 0.29) is 0 Å². The molecule has 3 N–H and O–H groups in total. The maximum Gasteiger partial charge on any atom is 0.0219 e. The van der Waals surface area contributed by atoms with Crippen molar-refractivity contribution in [2.24, 2.45) is 0 Å². The van der Waals surface area contributed by atoms with Gasteiger partial charge in [-0.05, 0) is 25.9 Å². The van der Waals surface area contributed by atoms with E-state index < -0.39 is 0 Å². The minimum atomic E-state index is 0.677. The van der Waals surface area contributed by atoms with Crippen LogP contribution in [-0.2, 0) is 0 Å². The lowest BCUT2D eigenvalue weighted by Gasteiger charge is -2.00. The van der Waals surface area contributed by atoms with Crippen LogP contribution in [0.15, 0.2) is 0 Å². The van der Waals surface area contributed by atoms with E-state index in [1.54, 1.807) is 0 Å². The van der Waals surface area contributed by atoms with Crippen molar-refractivity contribution in [2.45, 2.75) is 19.8 Å². The van der Waals surface area contributed by atoms with E-state index in [4.69, 9.17) is 5.21 Å². The molecule has 0 aromatic carbocycles. The van der Waals surface area contributed by atoms with Crippen LogP contribution in [0.4, 0.5) is 0 Å². The molecule has 0 saturated heterocycles. The molecule has 9 heavy (non-hydrogen) atoms. The standard InChI is InChI=1S/C6H16N2O/c1-2-4-7-5-3-6-8-9/h7-9H,2-6H2,1H3. The Hall–Kier alpha value is -0.120. The number of hydrogen-bond donors (Lipinski definition) is 3. The Bertz CT molecular complexity index is 44.3. The first-order chi connectivity index (χ1) is 4.41. The summed E-state index contributed by atoms with van der Waals surface area (Å²) in [6, 6.07) is 0. The van der Waals surface area contributed by atoms with Crippen LogP contribution < -0.4 is 10.8 Å². The first-order valence-electron chi connectivity index (χ1n) is 3.49. The molecule has 0 radical (unpaired) electrons. The molecule has 0 aliphatic carbocycles. The van der Waals surface area contributed by atoms with Gasteiger partial charge in [0.1, 0.15) is 0 Å². The molecule has 0 aliphatic rings. The minimum absolute atomic E-state index is 0.677. The summed E-state index contributed by atoms with van der Waals surface area (Å²) < 4.78 is 0. The van der Waals surface area contributed by atoms with Gasteiger partial charge in [-0.2, -0.15) is 0 Å². The number of hydroxylamine groups is 1. The Kier molecular flexibility index (Phi) is 7.77. The van der Waals surface area contributed by atoms with E-state index in [1.807, 2.05) is 0 Å². The van der Waals surface area contributed by atoms with Gasteiger partial charge >= 0.3 is 0 Å². The summed E-state index contributed by atoms with van der Waals surface area (Å²) >= 11 is 0. The molecular weight excluding hydrogens is 116 g/mol.